The largest absolute Gasteiger partial charge is 0.490 e. The molecule has 0 bridgehead atoms. The van der Waals surface area contributed by atoms with Crippen LogP contribution in [0.4, 0.5) is 0 Å². The normalized spacial score (nSPS) is 20.7. The van der Waals surface area contributed by atoms with Crippen LogP contribution in [0.3, 0.4) is 0 Å². The predicted octanol–water partition coefficient (Wildman–Crippen LogP) is 2.95. The van der Waals surface area contributed by atoms with Gasteiger partial charge in [-0.15, -0.1) is 0 Å². The molecule has 2 aliphatic heterocycles. The van der Waals surface area contributed by atoms with Crippen molar-refractivity contribution in [2.75, 3.05) is 32.7 Å². The van der Waals surface area contributed by atoms with Crippen molar-refractivity contribution in [1.82, 2.24) is 9.80 Å². The molecule has 29 heavy (non-hydrogen) atoms. The van der Waals surface area contributed by atoms with Crippen LogP contribution < -0.4 is 10.5 Å². The van der Waals surface area contributed by atoms with Crippen molar-refractivity contribution in [2.24, 2.45) is 5.73 Å². The number of carbonyl (C=O) groups excluding carboxylic acids is 1. The Morgan fingerprint density at radius 2 is 1.69 bits per heavy atom. The van der Waals surface area contributed by atoms with Gasteiger partial charge in [0.2, 0.25) is 0 Å². The highest BCUT2D eigenvalue weighted by Gasteiger charge is 2.25. The smallest absolute Gasteiger partial charge is 0.253 e. The fraction of sp³-hybridized carbons (Fsp3) is 0.458. The molecule has 1 atom stereocenters. The van der Waals surface area contributed by atoms with Gasteiger partial charge in [-0.3, -0.25) is 4.79 Å². The minimum atomic E-state index is 0.0659. The monoisotopic (exact) mass is 393 g/mol. The molecule has 5 heteroatoms. The van der Waals surface area contributed by atoms with Crippen LogP contribution in [0.1, 0.15) is 35.2 Å². The van der Waals surface area contributed by atoms with Crippen LogP contribution >= 0.6 is 0 Å². The van der Waals surface area contributed by atoms with Gasteiger partial charge in [0.25, 0.3) is 5.91 Å². The van der Waals surface area contributed by atoms with Gasteiger partial charge in [0, 0.05) is 44.3 Å². The SMILES string of the molecule is N[C@H]1CCN(C(=O)c2ccc(OC3CCN(CCc4ccccc4)CC3)cc2)C1. The quantitative estimate of drug-likeness (QED) is 0.820. The second-order valence-electron chi connectivity index (χ2n) is 8.22. The number of amides is 1. The summed E-state index contributed by atoms with van der Waals surface area (Å²) in [5.41, 5.74) is 8.02. The van der Waals surface area contributed by atoms with Gasteiger partial charge in [0.15, 0.2) is 0 Å². The Hall–Kier alpha value is -2.37. The summed E-state index contributed by atoms with van der Waals surface area (Å²) < 4.78 is 6.17. The predicted molar refractivity (Wildman–Crippen MR) is 115 cm³/mol. The molecular weight excluding hydrogens is 362 g/mol. The van der Waals surface area contributed by atoms with Crippen LogP contribution in [0, 0.1) is 0 Å². The number of piperidine rings is 1. The van der Waals surface area contributed by atoms with Gasteiger partial charge in [-0.25, -0.2) is 0 Å². The van der Waals surface area contributed by atoms with E-state index in [0.717, 1.165) is 57.6 Å². The number of benzene rings is 2. The van der Waals surface area contributed by atoms with Crippen molar-refractivity contribution in [2.45, 2.75) is 37.8 Å². The summed E-state index contributed by atoms with van der Waals surface area (Å²) in [7, 11) is 0. The lowest BCUT2D eigenvalue weighted by Crippen LogP contribution is -2.39. The number of nitrogens with zero attached hydrogens (tertiary/aromatic N) is 2. The molecule has 154 valence electrons. The van der Waals surface area contributed by atoms with Crippen molar-refractivity contribution in [3.63, 3.8) is 0 Å². The number of carbonyl (C=O) groups is 1. The van der Waals surface area contributed by atoms with Crippen molar-refractivity contribution >= 4 is 5.91 Å². The molecule has 2 heterocycles. The maximum Gasteiger partial charge on any atom is 0.253 e. The van der Waals surface area contributed by atoms with Gasteiger partial charge < -0.3 is 20.3 Å². The Labute approximate surface area is 173 Å². The number of nitrogens with two attached hydrogens (primary N) is 1. The van der Waals surface area contributed by atoms with E-state index in [9.17, 15) is 4.79 Å². The van der Waals surface area contributed by atoms with Crippen molar-refractivity contribution in [1.29, 1.82) is 0 Å². The fourth-order valence-electron chi connectivity index (χ4n) is 4.21. The topological polar surface area (TPSA) is 58.8 Å². The van der Waals surface area contributed by atoms with Crippen molar-refractivity contribution < 1.29 is 9.53 Å². The highest BCUT2D eigenvalue weighted by molar-refractivity contribution is 5.94. The molecule has 2 aliphatic rings. The molecule has 0 aromatic heterocycles. The second-order valence-corrected chi connectivity index (χ2v) is 8.22. The Kier molecular flexibility index (Phi) is 6.47. The number of hydrogen-bond donors (Lipinski definition) is 1. The first-order chi connectivity index (χ1) is 14.2. The first kappa shape index (κ1) is 19.9. The Balaban J connectivity index is 1.22. The molecule has 0 aliphatic carbocycles. The summed E-state index contributed by atoms with van der Waals surface area (Å²) in [6.45, 7) is 4.65. The average Bonchev–Trinajstić information content (AvgIpc) is 3.20. The molecule has 0 unspecified atom stereocenters. The summed E-state index contributed by atoms with van der Waals surface area (Å²) in [6, 6.07) is 18.4. The second kappa shape index (κ2) is 9.42. The maximum atomic E-state index is 12.5. The first-order valence-electron chi connectivity index (χ1n) is 10.8. The zero-order valence-corrected chi connectivity index (χ0v) is 17.0. The molecule has 2 fully saturated rings. The Morgan fingerprint density at radius 3 is 2.34 bits per heavy atom. The van der Waals surface area contributed by atoms with Crippen LogP contribution in [0.5, 0.6) is 5.75 Å². The van der Waals surface area contributed by atoms with Gasteiger partial charge in [0.05, 0.1) is 0 Å². The Morgan fingerprint density at radius 1 is 0.966 bits per heavy atom. The van der Waals surface area contributed by atoms with Gasteiger partial charge >= 0.3 is 0 Å². The standard InChI is InChI=1S/C24H31N3O2/c25-21-11-17-27(18-21)24(28)20-6-8-22(9-7-20)29-23-12-15-26(16-13-23)14-10-19-4-2-1-3-5-19/h1-9,21,23H,10-18,25H2/t21-/m0/s1. The average molecular weight is 394 g/mol. The molecule has 2 saturated heterocycles. The lowest BCUT2D eigenvalue weighted by atomic mass is 10.1. The molecule has 2 aromatic carbocycles. The van der Waals surface area contributed by atoms with Crippen molar-refractivity contribution in [3.05, 3.63) is 65.7 Å². The molecule has 1 amide bonds. The van der Waals surface area contributed by atoms with Crippen molar-refractivity contribution in [3.8, 4) is 5.75 Å². The molecule has 2 aromatic rings. The summed E-state index contributed by atoms with van der Waals surface area (Å²) in [6.07, 6.45) is 4.32. The summed E-state index contributed by atoms with van der Waals surface area (Å²) in [5.74, 6) is 0.915. The Bertz CT molecular complexity index is 786. The summed E-state index contributed by atoms with van der Waals surface area (Å²) in [5, 5.41) is 0. The lowest BCUT2D eigenvalue weighted by molar-refractivity contribution is 0.0790. The third-order valence-corrected chi connectivity index (χ3v) is 6.01. The molecular formula is C24H31N3O2. The molecule has 5 nitrogen and oxygen atoms in total. The third-order valence-electron chi connectivity index (χ3n) is 6.01. The molecule has 4 rings (SSSR count). The van der Waals surface area contributed by atoms with E-state index in [2.05, 4.69) is 35.2 Å². The van der Waals surface area contributed by atoms with Gasteiger partial charge in [-0.05, 0) is 55.5 Å². The maximum absolute atomic E-state index is 12.5. The number of rotatable bonds is 6. The van der Waals surface area contributed by atoms with Crippen LogP contribution in [-0.4, -0.2) is 60.6 Å². The van der Waals surface area contributed by atoms with E-state index in [0.29, 0.717) is 12.1 Å². The van der Waals surface area contributed by atoms with E-state index < -0.39 is 0 Å². The zero-order valence-electron chi connectivity index (χ0n) is 17.0. The van der Waals surface area contributed by atoms with E-state index in [4.69, 9.17) is 10.5 Å². The van der Waals surface area contributed by atoms with E-state index in [1.165, 1.54) is 5.56 Å². The van der Waals surface area contributed by atoms with Crippen LogP contribution in [0.15, 0.2) is 54.6 Å². The number of likely N-dealkylation sites (tertiary alicyclic amines) is 2. The van der Waals surface area contributed by atoms with Gasteiger partial charge in [-0.2, -0.15) is 0 Å². The zero-order chi connectivity index (χ0) is 20.1. The molecule has 0 radical (unpaired) electrons. The minimum Gasteiger partial charge on any atom is -0.490 e. The number of hydrogen-bond acceptors (Lipinski definition) is 4. The summed E-state index contributed by atoms with van der Waals surface area (Å²) in [4.78, 5) is 16.9. The minimum absolute atomic E-state index is 0.0659. The van der Waals surface area contributed by atoms with Crippen LogP contribution in [-0.2, 0) is 6.42 Å². The highest BCUT2D eigenvalue weighted by atomic mass is 16.5. The van der Waals surface area contributed by atoms with Crippen LogP contribution in [0.25, 0.3) is 0 Å². The highest BCUT2D eigenvalue weighted by Crippen LogP contribution is 2.21. The molecule has 0 spiro atoms. The summed E-state index contributed by atoms with van der Waals surface area (Å²) >= 11 is 0. The first-order valence-corrected chi connectivity index (χ1v) is 10.8. The molecule has 2 N–H and O–H groups in total. The van der Waals surface area contributed by atoms with E-state index in [-0.39, 0.29) is 18.1 Å². The fourth-order valence-corrected chi connectivity index (χ4v) is 4.21. The van der Waals surface area contributed by atoms with E-state index >= 15 is 0 Å². The molecule has 0 saturated carbocycles. The lowest BCUT2D eigenvalue weighted by Gasteiger charge is -2.32. The van der Waals surface area contributed by atoms with Gasteiger partial charge in [-0.1, -0.05) is 30.3 Å². The number of ether oxygens (including phenoxy) is 1. The van der Waals surface area contributed by atoms with Gasteiger partial charge in [0.1, 0.15) is 11.9 Å². The van der Waals surface area contributed by atoms with E-state index in [1.54, 1.807) is 0 Å². The third kappa shape index (κ3) is 5.37. The van der Waals surface area contributed by atoms with E-state index in [1.807, 2.05) is 29.2 Å². The van der Waals surface area contributed by atoms with Crippen LogP contribution in [0.2, 0.25) is 0 Å².